The number of piperidine rings is 1. The Balaban J connectivity index is 0.00000100. The fourth-order valence-electron chi connectivity index (χ4n) is 3.39. The van der Waals surface area contributed by atoms with E-state index in [0.717, 1.165) is 25.5 Å². The molecule has 0 radical (unpaired) electrons. The van der Waals surface area contributed by atoms with E-state index in [-0.39, 0.29) is 18.2 Å². The van der Waals surface area contributed by atoms with Crippen molar-refractivity contribution in [2.45, 2.75) is 51.3 Å². The predicted molar refractivity (Wildman–Crippen MR) is 139 cm³/mol. The molecule has 35 heavy (non-hydrogen) atoms. The number of fused-ring (bicyclic) bond motifs is 1. The molecular formula is C22H40N8O4Si. The number of hydrogen-bond donors (Lipinski definition) is 4. The summed E-state index contributed by atoms with van der Waals surface area (Å²) in [7, 11) is 0.237. The van der Waals surface area contributed by atoms with Crippen LogP contribution >= 0.6 is 0 Å². The zero-order chi connectivity index (χ0) is 25.8. The van der Waals surface area contributed by atoms with Crippen molar-refractivity contribution in [2.24, 2.45) is 11.5 Å². The number of methoxy groups -OCH3 is 1. The molecule has 1 saturated heterocycles. The Kier molecular flexibility index (Phi) is 11.4. The van der Waals surface area contributed by atoms with Gasteiger partial charge in [-0.25, -0.2) is 19.6 Å². The summed E-state index contributed by atoms with van der Waals surface area (Å²) in [5, 5.41) is 5.61. The van der Waals surface area contributed by atoms with Gasteiger partial charge in [-0.3, -0.25) is 5.32 Å². The van der Waals surface area contributed by atoms with Crippen LogP contribution in [0.5, 0.6) is 0 Å². The third-order valence-electron chi connectivity index (χ3n) is 5.29. The minimum Gasteiger partial charge on any atom is -0.453 e. The topological polar surface area (TPSA) is 163 Å². The Morgan fingerprint density at radius 3 is 2.66 bits per heavy atom. The molecule has 1 unspecified atom stereocenters. The third-order valence-corrected chi connectivity index (χ3v) is 6.99. The lowest BCUT2D eigenvalue weighted by atomic mass is 10.1. The van der Waals surface area contributed by atoms with Crippen molar-refractivity contribution in [3.8, 4) is 0 Å². The van der Waals surface area contributed by atoms with Gasteiger partial charge in [-0.2, -0.15) is 0 Å². The highest BCUT2D eigenvalue weighted by Gasteiger charge is 2.25. The van der Waals surface area contributed by atoms with Gasteiger partial charge >= 0.3 is 12.1 Å². The number of urea groups is 1. The zero-order valence-electron chi connectivity index (χ0n) is 21.2. The van der Waals surface area contributed by atoms with Crippen LogP contribution in [0.4, 0.5) is 15.4 Å². The smallest absolute Gasteiger partial charge is 0.409 e. The quantitative estimate of drug-likeness (QED) is 0.311. The minimum absolute atomic E-state index is 0.140. The third kappa shape index (κ3) is 9.80. The van der Waals surface area contributed by atoms with Gasteiger partial charge < -0.3 is 35.7 Å². The van der Waals surface area contributed by atoms with E-state index in [1.165, 1.54) is 13.3 Å². The first kappa shape index (κ1) is 28.5. The minimum atomic E-state index is -1.12. The van der Waals surface area contributed by atoms with Crippen molar-refractivity contribution in [3.05, 3.63) is 18.5 Å². The highest BCUT2D eigenvalue weighted by Crippen LogP contribution is 2.15. The van der Waals surface area contributed by atoms with Crippen LogP contribution in [0.3, 0.4) is 0 Å². The standard InChI is InChI=1S/C20H32N6O4Si.C2H8N2/c1-29-20(28)25-8-5-6-15(13-25)22-19(27)24-17-12-21-18-16(23-17)7-9-26(18)14-30-10-11-31(2,3)4;3-1-2-4/h7,9,12,15H,5-6,8,10-11,13-14H2,1-4H3,(H2,22,23,24,27);1-4H2. The molecule has 3 amide bonds. The molecule has 196 valence electrons. The van der Waals surface area contributed by atoms with Crippen molar-refractivity contribution in [1.29, 1.82) is 0 Å². The maximum atomic E-state index is 12.4. The Hall–Kier alpha value is -2.74. The Morgan fingerprint density at radius 1 is 1.26 bits per heavy atom. The van der Waals surface area contributed by atoms with Crippen LogP contribution in [-0.2, 0) is 16.2 Å². The van der Waals surface area contributed by atoms with Gasteiger partial charge in [0.15, 0.2) is 11.5 Å². The Labute approximate surface area is 207 Å². The second-order valence-electron chi connectivity index (χ2n) is 9.53. The number of ether oxygens (including phenoxy) is 2. The molecule has 2 aromatic heterocycles. The molecule has 1 aliphatic rings. The van der Waals surface area contributed by atoms with Crippen LogP contribution in [0.1, 0.15) is 12.8 Å². The van der Waals surface area contributed by atoms with Crippen molar-refractivity contribution in [1.82, 2.24) is 24.8 Å². The summed E-state index contributed by atoms with van der Waals surface area (Å²) >= 11 is 0. The normalized spacial score (nSPS) is 15.8. The maximum absolute atomic E-state index is 12.4. The monoisotopic (exact) mass is 508 g/mol. The lowest BCUT2D eigenvalue weighted by molar-refractivity contribution is 0.0899. The average Bonchev–Trinajstić information content (AvgIpc) is 3.23. The number of nitrogens with zero attached hydrogens (tertiary/aromatic N) is 4. The van der Waals surface area contributed by atoms with Crippen molar-refractivity contribution < 1.29 is 19.1 Å². The van der Waals surface area contributed by atoms with E-state index >= 15 is 0 Å². The van der Waals surface area contributed by atoms with Gasteiger partial charge in [0.1, 0.15) is 12.2 Å². The molecule has 2 aromatic rings. The summed E-state index contributed by atoms with van der Waals surface area (Å²) in [5.74, 6) is 0.364. The Bertz CT molecular complexity index is 947. The molecule has 1 aliphatic heterocycles. The van der Waals surface area contributed by atoms with Crippen LogP contribution in [0.15, 0.2) is 18.5 Å². The first-order valence-corrected chi connectivity index (χ1v) is 15.6. The summed E-state index contributed by atoms with van der Waals surface area (Å²) in [4.78, 5) is 34.6. The molecule has 1 fully saturated rings. The number of rotatable bonds is 8. The number of nitrogens with one attached hydrogen (secondary N) is 2. The fraction of sp³-hybridized carbons (Fsp3) is 0.636. The van der Waals surface area contributed by atoms with E-state index in [9.17, 15) is 9.59 Å². The van der Waals surface area contributed by atoms with Crippen LogP contribution in [0, 0.1) is 0 Å². The van der Waals surface area contributed by atoms with Crippen LogP contribution < -0.4 is 22.1 Å². The van der Waals surface area contributed by atoms with Crippen molar-refractivity contribution in [3.63, 3.8) is 0 Å². The number of aromatic nitrogens is 3. The van der Waals surface area contributed by atoms with Crippen molar-refractivity contribution >= 4 is 37.2 Å². The van der Waals surface area contributed by atoms with Gasteiger partial charge in [-0.15, -0.1) is 0 Å². The molecule has 3 heterocycles. The average molecular weight is 509 g/mol. The number of hydrogen-bond acceptors (Lipinski definition) is 8. The first-order chi connectivity index (χ1) is 16.7. The number of carbonyl (C=O) groups excluding carboxylic acids is 2. The molecule has 0 aromatic carbocycles. The van der Waals surface area contributed by atoms with Gasteiger partial charge in [0.2, 0.25) is 0 Å². The largest absolute Gasteiger partial charge is 0.453 e. The first-order valence-electron chi connectivity index (χ1n) is 11.9. The second kappa shape index (κ2) is 14.0. The second-order valence-corrected chi connectivity index (χ2v) is 15.1. The van der Waals surface area contributed by atoms with E-state index in [2.05, 4.69) is 40.2 Å². The van der Waals surface area contributed by atoms with Crippen LogP contribution in [-0.4, -0.2) is 85.6 Å². The number of carbonyl (C=O) groups is 2. The number of amides is 3. The molecule has 6 N–H and O–H groups in total. The van der Waals surface area contributed by atoms with E-state index in [1.807, 2.05) is 16.8 Å². The van der Waals surface area contributed by atoms with Crippen molar-refractivity contribution in [2.75, 3.05) is 45.2 Å². The summed E-state index contributed by atoms with van der Waals surface area (Å²) in [5.41, 5.74) is 11.2. The molecule has 3 rings (SSSR count). The maximum Gasteiger partial charge on any atom is 0.409 e. The predicted octanol–water partition coefficient (Wildman–Crippen LogP) is 2.00. The van der Waals surface area contributed by atoms with E-state index in [4.69, 9.17) is 20.9 Å². The molecule has 0 saturated carbocycles. The summed E-state index contributed by atoms with van der Waals surface area (Å²) < 4.78 is 12.4. The SMILES string of the molecule is COC(=O)N1CCCC(NC(=O)Nc2cnc3c(ccn3COCC[Si](C)(C)C)n2)C1.NCCN. The summed E-state index contributed by atoms with van der Waals surface area (Å²) in [6.45, 7) is 10.4. The highest BCUT2D eigenvalue weighted by molar-refractivity contribution is 6.76. The lowest BCUT2D eigenvalue weighted by Gasteiger charge is -2.31. The van der Waals surface area contributed by atoms with Gasteiger partial charge in [0.25, 0.3) is 0 Å². The van der Waals surface area contributed by atoms with Crippen LogP contribution in [0.25, 0.3) is 11.2 Å². The molecular weight excluding hydrogens is 468 g/mol. The van der Waals surface area contributed by atoms with Gasteiger partial charge in [-0.05, 0) is 25.0 Å². The van der Waals surface area contributed by atoms with E-state index in [1.54, 1.807) is 4.90 Å². The van der Waals surface area contributed by atoms with Crippen LogP contribution in [0.2, 0.25) is 25.7 Å². The van der Waals surface area contributed by atoms with E-state index in [0.29, 0.717) is 49.9 Å². The molecule has 12 nitrogen and oxygen atoms in total. The number of likely N-dealkylation sites (tertiary alicyclic amines) is 1. The number of nitrogens with two attached hydrogens (primary N) is 2. The highest BCUT2D eigenvalue weighted by atomic mass is 28.3. The van der Waals surface area contributed by atoms with E-state index < -0.39 is 8.07 Å². The molecule has 1 atom stereocenters. The molecule has 13 heteroatoms. The molecule has 0 aliphatic carbocycles. The lowest BCUT2D eigenvalue weighted by Crippen LogP contribution is -2.50. The zero-order valence-corrected chi connectivity index (χ0v) is 22.2. The number of anilines is 1. The van der Waals surface area contributed by atoms with Gasteiger partial charge in [0, 0.05) is 53.1 Å². The molecule has 0 spiro atoms. The molecule has 0 bridgehead atoms. The van der Waals surface area contributed by atoms with Gasteiger partial charge in [-0.1, -0.05) is 19.6 Å². The fourth-order valence-corrected chi connectivity index (χ4v) is 4.15. The Morgan fingerprint density at radius 2 is 2.00 bits per heavy atom. The van der Waals surface area contributed by atoms with Gasteiger partial charge in [0.05, 0.1) is 13.3 Å². The summed E-state index contributed by atoms with van der Waals surface area (Å²) in [6, 6.07) is 2.45. The summed E-state index contributed by atoms with van der Waals surface area (Å²) in [6.07, 6.45) is 4.64.